The largest absolute Gasteiger partial charge is 0.416 e. The average molecular weight is 683 g/mol. The molecule has 1 saturated carbocycles. The van der Waals surface area contributed by atoms with Crippen molar-refractivity contribution in [1.82, 2.24) is 10.2 Å². The molecule has 0 bridgehead atoms. The van der Waals surface area contributed by atoms with Crippen molar-refractivity contribution in [2.45, 2.75) is 62.0 Å². The number of carbonyl (C=O) groups is 2. The van der Waals surface area contributed by atoms with E-state index >= 15 is 0 Å². The monoisotopic (exact) mass is 682 g/mol. The molecule has 43 heavy (non-hydrogen) atoms. The fraction of sp³-hybridized carbons (Fsp3) is 0.517. The Bertz CT molecular complexity index is 1220. The van der Waals surface area contributed by atoms with Gasteiger partial charge >= 0.3 is 18.4 Å². The summed E-state index contributed by atoms with van der Waals surface area (Å²) in [5.74, 6) is -0.429. The molecular formula is C29H33BrF6N2O5. The third kappa shape index (κ3) is 8.08. The van der Waals surface area contributed by atoms with Crippen LogP contribution in [0.2, 0.25) is 0 Å². The number of hydrogen-bond acceptors (Lipinski definition) is 5. The second-order valence-corrected chi connectivity index (χ2v) is 11.3. The molecule has 4 rings (SSSR count). The highest BCUT2D eigenvalue weighted by Crippen LogP contribution is 2.46. The third-order valence-electron chi connectivity index (χ3n) is 7.79. The van der Waals surface area contributed by atoms with Gasteiger partial charge in [0.15, 0.2) is 0 Å². The highest BCUT2D eigenvalue weighted by Gasteiger charge is 2.55. The van der Waals surface area contributed by atoms with Crippen LogP contribution in [0.3, 0.4) is 0 Å². The number of imide groups is 1. The molecule has 1 aliphatic heterocycles. The number of carbonyl (C=O) groups excluding carboxylic acids is 2. The van der Waals surface area contributed by atoms with E-state index in [1.807, 2.05) is 12.1 Å². The number of amides is 3. The van der Waals surface area contributed by atoms with Crippen molar-refractivity contribution in [2.24, 2.45) is 0 Å². The molecule has 3 amide bonds. The number of aliphatic hydroxyl groups excluding tert-OH is 2. The minimum Gasteiger partial charge on any atom is -0.396 e. The standard InChI is InChI=1S/C27H28F6N2O4.C2H5BrO/c1-17(18-13-20(26(28,29)30)15-21(14-18)27(31,32)33)39-16-24(19-5-3-2-4-6-19)7-9-25(10-8-24)22(37)35(11-12-36)23(38)34-25;3-1-2-4/h2-6,13-15,17,36H,7-12,16H2,1H3,(H,34,38);4H,1-2H2/t17-,24?,25?;/m1./s1. The summed E-state index contributed by atoms with van der Waals surface area (Å²) in [6.07, 6.45) is -9.83. The van der Waals surface area contributed by atoms with Crippen molar-refractivity contribution in [1.29, 1.82) is 0 Å². The van der Waals surface area contributed by atoms with Crippen LogP contribution < -0.4 is 5.32 Å². The number of benzene rings is 2. The summed E-state index contributed by atoms with van der Waals surface area (Å²) >= 11 is 3.00. The molecule has 1 atom stereocenters. The number of nitrogens with zero attached hydrogens (tertiary/aromatic N) is 1. The number of ether oxygens (including phenoxy) is 1. The van der Waals surface area contributed by atoms with Gasteiger partial charge in [-0.1, -0.05) is 46.3 Å². The maximum atomic E-state index is 13.4. The van der Waals surface area contributed by atoms with E-state index < -0.39 is 52.5 Å². The molecule has 0 unspecified atom stereocenters. The van der Waals surface area contributed by atoms with Crippen molar-refractivity contribution < 1.29 is 50.9 Å². The van der Waals surface area contributed by atoms with Crippen LogP contribution >= 0.6 is 15.9 Å². The van der Waals surface area contributed by atoms with E-state index in [1.54, 1.807) is 18.2 Å². The summed E-state index contributed by atoms with van der Waals surface area (Å²) in [7, 11) is 0. The van der Waals surface area contributed by atoms with Gasteiger partial charge in [-0.05, 0) is 61.9 Å². The molecular weight excluding hydrogens is 650 g/mol. The van der Waals surface area contributed by atoms with Crippen LogP contribution in [-0.2, 0) is 27.3 Å². The molecule has 238 valence electrons. The van der Waals surface area contributed by atoms with Crippen LogP contribution in [-0.4, -0.2) is 64.3 Å². The van der Waals surface area contributed by atoms with E-state index in [0.29, 0.717) is 30.3 Å². The van der Waals surface area contributed by atoms with Crippen LogP contribution in [0.1, 0.15) is 61.0 Å². The predicted octanol–water partition coefficient (Wildman–Crippen LogP) is 5.97. The SMILES string of the molecule is C[C@@H](OCC1(c2ccccc2)CCC2(CC1)NC(=O)N(CCO)C2=O)c1cc(C(F)(F)F)cc(C(F)(F)F)c1.OCCBr. The Balaban J connectivity index is 0.00000119. The molecule has 2 aromatic carbocycles. The van der Waals surface area contributed by atoms with Crippen LogP contribution in [0.15, 0.2) is 48.5 Å². The van der Waals surface area contributed by atoms with Gasteiger partial charge in [0.25, 0.3) is 5.91 Å². The summed E-state index contributed by atoms with van der Waals surface area (Å²) in [4.78, 5) is 26.3. The smallest absolute Gasteiger partial charge is 0.396 e. The number of hydrogen-bond donors (Lipinski definition) is 3. The fourth-order valence-electron chi connectivity index (χ4n) is 5.38. The first-order chi connectivity index (χ1) is 20.1. The molecule has 1 saturated heterocycles. The lowest BCUT2D eigenvalue weighted by Gasteiger charge is -2.44. The third-order valence-corrected chi connectivity index (χ3v) is 8.14. The Morgan fingerprint density at radius 3 is 1.93 bits per heavy atom. The molecule has 1 aliphatic carbocycles. The van der Waals surface area contributed by atoms with Gasteiger partial charge in [0, 0.05) is 10.7 Å². The molecule has 0 aromatic heterocycles. The minimum absolute atomic E-state index is 0.0334. The van der Waals surface area contributed by atoms with E-state index in [1.165, 1.54) is 6.92 Å². The molecule has 2 aliphatic rings. The summed E-state index contributed by atoms with van der Waals surface area (Å²) < 4.78 is 86.1. The molecule has 1 spiro atoms. The molecule has 0 radical (unpaired) electrons. The van der Waals surface area contributed by atoms with Gasteiger partial charge in [-0.3, -0.25) is 9.69 Å². The second kappa shape index (κ2) is 14.0. The van der Waals surface area contributed by atoms with Gasteiger partial charge in [-0.25, -0.2) is 4.79 Å². The van der Waals surface area contributed by atoms with Gasteiger partial charge in [0.05, 0.1) is 43.6 Å². The number of halogens is 7. The normalized spacial score (nSPS) is 23.2. The van der Waals surface area contributed by atoms with Crippen LogP contribution in [0.5, 0.6) is 0 Å². The van der Waals surface area contributed by atoms with Crippen molar-refractivity contribution in [2.75, 3.05) is 31.7 Å². The molecule has 7 nitrogen and oxygen atoms in total. The number of β-amino-alcohol motifs (C(OH)–C–C–N with tert-alkyl or cyclic N) is 1. The lowest BCUT2D eigenvalue weighted by atomic mass is 9.64. The minimum atomic E-state index is -4.97. The van der Waals surface area contributed by atoms with E-state index in [9.17, 15) is 41.0 Å². The summed E-state index contributed by atoms with van der Waals surface area (Å²) in [6, 6.07) is 9.93. The van der Waals surface area contributed by atoms with Gasteiger partial charge in [0.2, 0.25) is 0 Å². The lowest BCUT2D eigenvalue weighted by molar-refractivity contribution is -0.143. The number of nitrogens with one attached hydrogen (secondary N) is 1. The number of aliphatic hydroxyl groups is 2. The Labute approximate surface area is 253 Å². The molecule has 1 heterocycles. The maximum Gasteiger partial charge on any atom is 0.416 e. The first-order valence-electron chi connectivity index (χ1n) is 13.5. The lowest BCUT2D eigenvalue weighted by Crippen LogP contribution is -2.53. The topological polar surface area (TPSA) is 99.1 Å². The van der Waals surface area contributed by atoms with Crippen molar-refractivity contribution in [3.8, 4) is 0 Å². The highest BCUT2D eigenvalue weighted by molar-refractivity contribution is 9.09. The average Bonchev–Trinajstić information content (AvgIpc) is 3.20. The zero-order chi connectivity index (χ0) is 32.1. The molecule has 3 N–H and O–H groups in total. The highest BCUT2D eigenvalue weighted by atomic mass is 79.9. The number of alkyl halides is 7. The Kier molecular flexibility index (Phi) is 11.3. The van der Waals surface area contributed by atoms with Gasteiger partial charge in [0.1, 0.15) is 5.54 Å². The zero-order valence-corrected chi connectivity index (χ0v) is 24.9. The van der Waals surface area contributed by atoms with Crippen molar-refractivity contribution in [3.63, 3.8) is 0 Å². The maximum absolute atomic E-state index is 13.4. The summed E-state index contributed by atoms with van der Waals surface area (Å²) in [6.45, 7) is 1.09. The van der Waals surface area contributed by atoms with Crippen molar-refractivity contribution in [3.05, 3.63) is 70.8 Å². The molecule has 2 fully saturated rings. The Morgan fingerprint density at radius 2 is 1.47 bits per heavy atom. The zero-order valence-electron chi connectivity index (χ0n) is 23.3. The first kappa shape index (κ1) is 34.8. The quantitative estimate of drug-likeness (QED) is 0.181. The van der Waals surface area contributed by atoms with Gasteiger partial charge in [-0.2, -0.15) is 26.3 Å². The number of urea groups is 1. The Morgan fingerprint density at radius 1 is 0.930 bits per heavy atom. The van der Waals surface area contributed by atoms with Crippen LogP contribution in [0, 0.1) is 0 Å². The molecule has 14 heteroatoms. The predicted molar refractivity (Wildman–Crippen MR) is 148 cm³/mol. The van der Waals surface area contributed by atoms with E-state index in [-0.39, 0.29) is 50.8 Å². The van der Waals surface area contributed by atoms with Gasteiger partial charge < -0.3 is 20.3 Å². The number of rotatable bonds is 8. The summed E-state index contributed by atoms with van der Waals surface area (Å²) in [5, 5.41) is 20.5. The van der Waals surface area contributed by atoms with Crippen LogP contribution in [0.4, 0.5) is 31.1 Å². The fourth-order valence-corrected chi connectivity index (χ4v) is 5.38. The van der Waals surface area contributed by atoms with E-state index in [0.717, 1.165) is 10.5 Å². The second-order valence-electron chi connectivity index (χ2n) is 10.5. The van der Waals surface area contributed by atoms with E-state index in [4.69, 9.17) is 9.84 Å². The summed E-state index contributed by atoms with van der Waals surface area (Å²) in [5.41, 5.74) is -4.09. The Hall–Kier alpha value is -2.68. The van der Waals surface area contributed by atoms with Crippen LogP contribution in [0.25, 0.3) is 0 Å². The van der Waals surface area contributed by atoms with Crippen molar-refractivity contribution >= 4 is 27.9 Å². The van der Waals surface area contributed by atoms with Gasteiger partial charge in [-0.15, -0.1) is 0 Å². The first-order valence-corrected chi connectivity index (χ1v) is 14.6. The van der Waals surface area contributed by atoms with E-state index in [2.05, 4.69) is 21.2 Å². The molecule has 2 aromatic rings.